The van der Waals surface area contributed by atoms with Gasteiger partial charge in [-0.05, 0) is 60.4 Å². The van der Waals surface area contributed by atoms with Crippen molar-refractivity contribution in [3.8, 4) is 11.1 Å². The monoisotopic (exact) mass is 328 g/mol. The SMILES string of the molecule is O=C(NC1CCC12CCOCC2)c1cc(-c2ccc(F)cc2)c[nH]1. The first kappa shape index (κ1) is 15.4. The highest BCUT2D eigenvalue weighted by Crippen LogP contribution is 2.48. The van der Waals surface area contributed by atoms with Gasteiger partial charge in [-0.1, -0.05) is 12.1 Å². The number of rotatable bonds is 3. The summed E-state index contributed by atoms with van der Waals surface area (Å²) in [5.74, 6) is -0.335. The normalized spacial score (nSPS) is 22.1. The summed E-state index contributed by atoms with van der Waals surface area (Å²) in [5.41, 5.74) is 2.55. The first-order chi connectivity index (χ1) is 11.7. The Morgan fingerprint density at radius 2 is 1.92 bits per heavy atom. The van der Waals surface area contributed by atoms with E-state index in [1.54, 1.807) is 18.3 Å². The van der Waals surface area contributed by atoms with E-state index < -0.39 is 0 Å². The Hall–Kier alpha value is -2.14. The highest BCUT2D eigenvalue weighted by molar-refractivity contribution is 5.94. The molecule has 2 aliphatic rings. The maximum absolute atomic E-state index is 13.0. The molecule has 24 heavy (non-hydrogen) atoms. The lowest BCUT2D eigenvalue weighted by atomic mass is 9.60. The fourth-order valence-corrected chi connectivity index (χ4v) is 3.87. The summed E-state index contributed by atoms with van der Waals surface area (Å²) in [4.78, 5) is 15.6. The van der Waals surface area contributed by atoms with Gasteiger partial charge in [0.2, 0.25) is 0 Å². The maximum atomic E-state index is 13.0. The maximum Gasteiger partial charge on any atom is 0.267 e. The van der Waals surface area contributed by atoms with E-state index in [2.05, 4.69) is 10.3 Å². The largest absolute Gasteiger partial charge is 0.381 e. The highest BCUT2D eigenvalue weighted by Gasteiger charge is 2.48. The minimum absolute atomic E-state index is 0.0704. The number of halogens is 1. The quantitative estimate of drug-likeness (QED) is 0.906. The number of aromatic nitrogens is 1. The molecule has 1 atom stereocenters. The van der Waals surface area contributed by atoms with Crippen molar-refractivity contribution >= 4 is 5.91 Å². The van der Waals surface area contributed by atoms with Crippen molar-refractivity contribution in [3.63, 3.8) is 0 Å². The summed E-state index contributed by atoms with van der Waals surface area (Å²) >= 11 is 0. The summed E-state index contributed by atoms with van der Waals surface area (Å²) in [7, 11) is 0. The van der Waals surface area contributed by atoms with Gasteiger partial charge in [0.1, 0.15) is 11.5 Å². The van der Waals surface area contributed by atoms with Crippen molar-refractivity contribution < 1.29 is 13.9 Å². The van der Waals surface area contributed by atoms with E-state index in [0.717, 1.165) is 43.6 Å². The third-order valence-corrected chi connectivity index (χ3v) is 5.57. The molecule has 1 aromatic heterocycles. The third-order valence-electron chi connectivity index (χ3n) is 5.57. The Bertz CT molecular complexity index is 732. The lowest BCUT2D eigenvalue weighted by molar-refractivity contribution is -0.0523. The van der Waals surface area contributed by atoms with Gasteiger partial charge < -0.3 is 15.0 Å². The van der Waals surface area contributed by atoms with E-state index in [9.17, 15) is 9.18 Å². The molecule has 1 saturated carbocycles. The zero-order chi connectivity index (χ0) is 16.6. The van der Waals surface area contributed by atoms with Crippen LogP contribution in [0.25, 0.3) is 11.1 Å². The molecule has 4 rings (SSSR count). The van der Waals surface area contributed by atoms with Gasteiger partial charge in [0.05, 0.1) is 0 Å². The van der Waals surface area contributed by atoms with Crippen LogP contribution in [0.15, 0.2) is 36.5 Å². The molecule has 1 aromatic carbocycles. The number of hydrogen-bond donors (Lipinski definition) is 2. The Balaban J connectivity index is 1.45. The fraction of sp³-hybridized carbons (Fsp3) is 0.421. The standard InChI is InChI=1S/C19H21FN2O2/c20-15-3-1-13(2-4-15)14-11-16(21-12-14)18(23)22-17-5-6-19(17)7-9-24-10-8-19/h1-4,11-12,17,21H,5-10H2,(H,22,23). The number of amides is 1. The molecule has 2 aromatic rings. The van der Waals surface area contributed by atoms with Crippen molar-refractivity contribution in [1.29, 1.82) is 0 Å². The molecule has 2 heterocycles. The molecule has 4 nitrogen and oxygen atoms in total. The summed E-state index contributed by atoms with van der Waals surface area (Å²) < 4.78 is 18.5. The first-order valence-electron chi connectivity index (χ1n) is 8.49. The molecule has 1 aliphatic carbocycles. The van der Waals surface area contributed by atoms with Crippen molar-refractivity contribution in [3.05, 3.63) is 48.0 Å². The summed E-state index contributed by atoms with van der Waals surface area (Å²) in [5, 5.41) is 3.18. The van der Waals surface area contributed by atoms with E-state index in [-0.39, 0.29) is 23.2 Å². The van der Waals surface area contributed by atoms with Gasteiger partial charge in [0.25, 0.3) is 5.91 Å². The Labute approximate surface area is 140 Å². The van der Waals surface area contributed by atoms with Crippen molar-refractivity contribution in [2.45, 2.75) is 31.7 Å². The number of H-pyrrole nitrogens is 1. The van der Waals surface area contributed by atoms with Crippen molar-refractivity contribution in [1.82, 2.24) is 10.3 Å². The second-order valence-corrected chi connectivity index (χ2v) is 6.85. The molecule has 5 heteroatoms. The van der Waals surface area contributed by atoms with Crippen LogP contribution in [0, 0.1) is 11.2 Å². The Kier molecular flexibility index (Phi) is 3.88. The zero-order valence-electron chi connectivity index (χ0n) is 13.5. The predicted octanol–water partition coefficient (Wildman–Crippen LogP) is 3.51. The van der Waals surface area contributed by atoms with Gasteiger partial charge in [-0.3, -0.25) is 4.79 Å². The molecule has 2 N–H and O–H groups in total. The van der Waals surface area contributed by atoms with E-state index in [1.807, 2.05) is 6.07 Å². The lowest BCUT2D eigenvalue weighted by Crippen LogP contribution is -2.57. The summed E-state index contributed by atoms with van der Waals surface area (Å²) in [6, 6.07) is 8.33. The van der Waals surface area contributed by atoms with Crippen LogP contribution in [0.3, 0.4) is 0 Å². The molecule has 126 valence electrons. The zero-order valence-corrected chi connectivity index (χ0v) is 13.5. The fourth-order valence-electron chi connectivity index (χ4n) is 3.87. The number of ether oxygens (including phenoxy) is 1. The average Bonchev–Trinajstić information content (AvgIpc) is 3.10. The number of nitrogens with one attached hydrogen (secondary N) is 2. The van der Waals surface area contributed by atoms with Gasteiger partial charge >= 0.3 is 0 Å². The third kappa shape index (κ3) is 2.73. The minimum Gasteiger partial charge on any atom is -0.381 e. The van der Waals surface area contributed by atoms with E-state index in [1.165, 1.54) is 18.6 Å². The van der Waals surface area contributed by atoms with Crippen molar-refractivity contribution in [2.75, 3.05) is 13.2 Å². The predicted molar refractivity (Wildman–Crippen MR) is 89.2 cm³/mol. The molecule has 0 bridgehead atoms. The van der Waals surface area contributed by atoms with E-state index in [4.69, 9.17) is 4.74 Å². The van der Waals surface area contributed by atoms with E-state index >= 15 is 0 Å². The first-order valence-corrected chi connectivity index (χ1v) is 8.49. The number of carbonyl (C=O) groups excluding carboxylic acids is 1. The van der Waals surface area contributed by atoms with Gasteiger partial charge in [-0.15, -0.1) is 0 Å². The Morgan fingerprint density at radius 3 is 2.58 bits per heavy atom. The van der Waals surface area contributed by atoms with Crippen LogP contribution >= 0.6 is 0 Å². The molecule has 2 fully saturated rings. The second-order valence-electron chi connectivity index (χ2n) is 6.85. The summed E-state index contributed by atoms with van der Waals surface area (Å²) in [6.45, 7) is 1.59. The van der Waals surface area contributed by atoms with Crippen LogP contribution in [-0.4, -0.2) is 30.1 Å². The van der Waals surface area contributed by atoms with Gasteiger partial charge in [-0.25, -0.2) is 4.39 Å². The van der Waals surface area contributed by atoms with Gasteiger partial charge in [0, 0.05) is 25.5 Å². The molecule has 1 aliphatic heterocycles. The second kappa shape index (κ2) is 6.06. The van der Waals surface area contributed by atoms with Crippen LogP contribution in [-0.2, 0) is 4.74 Å². The minimum atomic E-state index is -0.265. The van der Waals surface area contributed by atoms with Crippen LogP contribution in [0.2, 0.25) is 0 Å². The number of carbonyl (C=O) groups is 1. The number of hydrogen-bond acceptors (Lipinski definition) is 2. The number of aromatic amines is 1. The topological polar surface area (TPSA) is 54.1 Å². The molecular weight excluding hydrogens is 307 g/mol. The van der Waals surface area contributed by atoms with Crippen LogP contribution in [0.4, 0.5) is 4.39 Å². The van der Waals surface area contributed by atoms with Crippen LogP contribution < -0.4 is 5.32 Å². The van der Waals surface area contributed by atoms with Crippen molar-refractivity contribution in [2.24, 2.45) is 5.41 Å². The van der Waals surface area contributed by atoms with Gasteiger partial charge in [0.15, 0.2) is 0 Å². The average molecular weight is 328 g/mol. The number of benzene rings is 1. The lowest BCUT2D eigenvalue weighted by Gasteiger charge is -2.52. The molecule has 1 unspecified atom stereocenters. The molecule has 1 saturated heterocycles. The smallest absolute Gasteiger partial charge is 0.267 e. The highest BCUT2D eigenvalue weighted by atomic mass is 19.1. The molecular formula is C19H21FN2O2. The van der Waals surface area contributed by atoms with Gasteiger partial charge in [-0.2, -0.15) is 0 Å². The molecule has 1 amide bonds. The Morgan fingerprint density at radius 1 is 1.17 bits per heavy atom. The van der Waals surface area contributed by atoms with Crippen LogP contribution in [0.5, 0.6) is 0 Å². The molecule has 0 radical (unpaired) electrons. The summed E-state index contributed by atoms with van der Waals surface area (Å²) in [6.07, 6.45) is 6.06. The van der Waals surface area contributed by atoms with E-state index in [0.29, 0.717) is 5.69 Å². The van der Waals surface area contributed by atoms with Crippen LogP contribution in [0.1, 0.15) is 36.2 Å². The molecule has 1 spiro atoms.